The van der Waals surface area contributed by atoms with Crippen LogP contribution in [0.25, 0.3) is 0 Å². The molecule has 2 saturated heterocycles. The molecule has 4 heteroatoms. The van der Waals surface area contributed by atoms with E-state index in [9.17, 15) is 9.90 Å². The summed E-state index contributed by atoms with van der Waals surface area (Å²) in [5.41, 5.74) is -0.676. The van der Waals surface area contributed by atoms with Gasteiger partial charge in [-0.2, -0.15) is 0 Å². The van der Waals surface area contributed by atoms with E-state index in [-0.39, 0.29) is 17.9 Å². The molecule has 108 valence electrons. The van der Waals surface area contributed by atoms with Gasteiger partial charge in [-0.15, -0.1) is 0 Å². The molecule has 0 radical (unpaired) electrons. The summed E-state index contributed by atoms with van der Waals surface area (Å²) >= 11 is 0. The van der Waals surface area contributed by atoms with Crippen molar-refractivity contribution in [3.05, 3.63) is 0 Å². The fraction of sp³-hybridized carbons (Fsp3) is 0.933. The number of carbonyl (C=O) groups excluding carboxylic acids is 1. The third kappa shape index (κ3) is 2.95. The first kappa shape index (κ1) is 13.4. The van der Waals surface area contributed by atoms with Gasteiger partial charge < -0.3 is 15.2 Å². The molecule has 0 aromatic carbocycles. The molecule has 1 amide bonds. The first-order chi connectivity index (χ1) is 9.16. The van der Waals surface area contributed by atoms with Gasteiger partial charge in [0.2, 0.25) is 5.91 Å². The third-order valence-corrected chi connectivity index (χ3v) is 5.07. The van der Waals surface area contributed by atoms with Crippen LogP contribution in [0.4, 0.5) is 0 Å². The van der Waals surface area contributed by atoms with Gasteiger partial charge in [0.1, 0.15) is 0 Å². The van der Waals surface area contributed by atoms with E-state index in [0.29, 0.717) is 12.6 Å². The predicted octanol–water partition coefficient (Wildman–Crippen LogP) is 1.76. The Bertz CT molecular complexity index is 336. The van der Waals surface area contributed by atoms with Gasteiger partial charge in [0, 0.05) is 6.54 Å². The number of hydrogen-bond acceptors (Lipinski definition) is 3. The van der Waals surface area contributed by atoms with Crippen molar-refractivity contribution in [2.45, 2.75) is 75.6 Å². The molecule has 3 fully saturated rings. The van der Waals surface area contributed by atoms with E-state index in [1.807, 2.05) is 0 Å². The van der Waals surface area contributed by atoms with Gasteiger partial charge in [-0.3, -0.25) is 4.79 Å². The SMILES string of the molecule is O=C(NCC1(O)CCCCCC1)C1CC2CCC1O2. The van der Waals surface area contributed by atoms with Crippen molar-refractivity contribution in [2.24, 2.45) is 5.92 Å². The minimum Gasteiger partial charge on any atom is -0.388 e. The van der Waals surface area contributed by atoms with Crippen LogP contribution in [0.2, 0.25) is 0 Å². The monoisotopic (exact) mass is 267 g/mol. The van der Waals surface area contributed by atoms with E-state index < -0.39 is 5.60 Å². The summed E-state index contributed by atoms with van der Waals surface area (Å²) in [4.78, 5) is 12.2. The molecule has 2 N–H and O–H groups in total. The number of amides is 1. The number of hydrogen-bond donors (Lipinski definition) is 2. The topological polar surface area (TPSA) is 58.6 Å². The van der Waals surface area contributed by atoms with Crippen molar-refractivity contribution in [3.63, 3.8) is 0 Å². The molecule has 1 aliphatic carbocycles. The van der Waals surface area contributed by atoms with Crippen LogP contribution in [0.3, 0.4) is 0 Å². The first-order valence-electron chi connectivity index (χ1n) is 7.82. The summed E-state index contributed by atoms with van der Waals surface area (Å²) < 4.78 is 5.72. The average molecular weight is 267 g/mol. The highest BCUT2D eigenvalue weighted by molar-refractivity contribution is 5.79. The molecular weight excluding hydrogens is 242 g/mol. The summed E-state index contributed by atoms with van der Waals surface area (Å²) in [6.45, 7) is 0.416. The summed E-state index contributed by atoms with van der Waals surface area (Å²) in [5, 5.41) is 13.5. The van der Waals surface area contributed by atoms with Gasteiger partial charge in [0.25, 0.3) is 0 Å². The van der Waals surface area contributed by atoms with E-state index in [2.05, 4.69) is 5.32 Å². The minimum absolute atomic E-state index is 0.0214. The molecule has 0 spiro atoms. The van der Waals surface area contributed by atoms with E-state index in [1.165, 1.54) is 12.8 Å². The Labute approximate surface area is 114 Å². The molecule has 19 heavy (non-hydrogen) atoms. The molecule has 2 heterocycles. The second kappa shape index (κ2) is 5.41. The normalized spacial score (nSPS) is 37.0. The zero-order valence-electron chi connectivity index (χ0n) is 11.6. The Kier molecular flexibility index (Phi) is 3.81. The Balaban J connectivity index is 1.50. The Hall–Kier alpha value is -0.610. The lowest BCUT2D eigenvalue weighted by molar-refractivity contribution is -0.128. The summed E-state index contributed by atoms with van der Waals surface area (Å²) in [5.74, 6) is 0.109. The Morgan fingerprint density at radius 1 is 1.21 bits per heavy atom. The minimum atomic E-state index is -0.676. The Morgan fingerprint density at radius 2 is 1.95 bits per heavy atom. The van der Waals surface area contributed by atoms with Gasteiger partial charge in [0.15, 0.2) is 0 Å². The second-order valence-electron chi connectivity index (χ2n) is 6.57. The van der Waals surface area contributed by atoms with Crippen molar-refractivity contribution < 1.29 is 14.6 Å². The number of nitrogens with one attached hydrogen (secondary N) is 1. The van der Waals surface area contributed by atoms with Crippen LogP contribution in [-0.4, -0.2) is 35.4 Å². The molecule has 2 aliphatic heterocycles. The van der Waals surface area contributed by atoms with Crippen molar-refractivity contribution in [2.75, 3.05) is 6.54 Å². The largest absolute Gasteiger partial charge is 0.388 e. The molecule has 3 rings (SSSR count). The molecule has 2 bridgehead atoms. The maximum Gasteiger partial charge on any atom is 0.225 e. The number of ether oxygens (including phenoxy) is 1. The van der Waals surface area contributed by atoms with Crippen LogP contribution in [0.5, 0.6) is 0 Å². The van der Waals surface area contributed by atoms with Crippen LogP contribution >= 0.6 is 0 Å². The van der Waals surface area contributed by atoms with Crippen molar-refractivity contribution in [1.82, 2.24) is 5.32 Å². The van der Waals surface area contributed by atoms with Crippen molar-refractivity contribution in [1.29, 1.82) is 0 Å². The van der Waals surface area contributed by atoms with Crippen LogP contribution in [-0.2, 0) is 9.53 Å². The average Bonchev–Trinajstić information content (AvgIpc) is 2.97. The lowest BCUT2D eigenvalue weighted by atomic mass is 9.88. The van der Waals surface area contributed by atoms with E-state index in [4.69, 9.17) is 4.74 Å². The second-order valence-corrected chi connectivity index (χ2v) is 6.57. The van der Waals surface area contributed by atoms with Gasteiger partial charge >= 0.3 is 0 Å². The lowest BCUT2D eigenvalue weighted by Crippen LogP contribution is -2.46. The highest BCUT2D eigenvalue weighted by Gasteiger charge is 2.44. The summed E-state index contributed by atoms with van der Waals surface area (Å²) in [6.07, 6.45) is 9.64. The van der Waals surface area contributed by atoms with Gasteiger partial charge in [0.05, 0.1) is 23.7 Å². The highest BCUT2D eigenvalue weighted by Crippen LogP contribution is 2.38. The number of rotatable bonds is 3. The number of carbonyl (C=O) groups is 1. The first-order valence-corrected chi connectivity index (χ1v) is 7.82. The summed E-state index contributed by atoms with van der Waals surface area (Å²) in [7, 11) is 0. The summed E-state index contributed by atoms with van der Waals surface area (Å²) in [6, 6.07) is 0. The van der Waals surface area contributed by atoms with Gasteiger partial charge in [-0.05, 0) is 32.1 Å². The van der Waals surface area contributed by atoms with Crippen LogP contribution < -0.4 is 5.32 Å². The zero-order valence-corrected chi connectivity index (χ0v) is 11.6. The zero-order chi connectivity index (χ0) is 13.3. The fourth-order valence-corrected chi connectivity index (χ4v) is 3.86. The van der Waals surface area contributed by atoms with Crippen LogP contribution in [0.1, 0.15) is 57.8 Å². The van der Waals surface area contributed by atoms with E-state index in [0.717, 1.165) is 44.9 Å². The third-order valence-electron chi connectivity index (χ3n) is 5.07. The van der Waals surface area contributed by atoms with E-state index in [1.54, 1.807) is 0 Å². The lowest BCUT2D eigenvalue weighted by Gasteiger charge is -2.28. The molecule has 0 aromatic rings. The Morgan fingerprint density at radius 3 is 2.53 bits per heavy atom. The van der Waals surface area contributed by atoms with Gasteiger partial charge in [-0.25, -0.2) is 0 Å². The molecular formula is C15H25NO3. The fourth-order valence-electron chi connectivity index (χ4n) is 3.86. The van der Waals surface area contributed by atoms with Crippen LogP contribution in [0, 0.1) is 5.92 Å². The van der Waals surface area contributed by atoms with Gasteiger partial charge in [-0.1, -0.05) is 25.7 Å². The standard InChI is InChI=1S/C15H25NO3/c17-14(12-9-11-5-6-13(12)19-11)16-10-15(18)7-3-1-2-4-8-15/h11-13,18H,1-10H2,(H,16,17). The number of fused-ring (bicyclic) bond motifs is 2. The predicted molar refractivity (Wildman–Crippen MR) is 71.7 cm³/mol. The molecule has 4 nitrogen and oxygen atoms in total. The molecule has 0 aromatic heterocycles. The highest BCUT2D eigenvalue weighted by atomic mass is 16.5. The van der Waals surface area contributed by atoms with Crippen molar-refractivity contribution >= 4 is 5.91 Å². The smallest absolute Gasteiger partial charge is 0.225 e. The molecule has 3 atom stereocenters. The quantitative estimate of drug-likeness (QED) is 0.766. The maximum atomic E-state index is 12.2. The molecule has 3 unspecified atom stereocenters. The van der Waals surface area contributed by atoms with Crippen LogP contribution in [0.15, 0.2) is 0 Å². The van der Waals surface area contributed by atoms with Crippen molar-refractivity contribution in [3.8, 4) is 0 Å². The molecule has 3 aliphatic rings. The number of aliphatic hydroxyl groups is 1. The maximum absolute atomic E-state index is 12.2. The van der Waals surface area contributed by atoms with E-state index >= 15 is 0 Å². The molecule has 1 saturated carbocycles.